The summed E-state index contributed by atoms with van der Waals surface area (Å²) in [7, 11) is 1.88. The van der Waals surface area contributed by atoms with Gasteiger partial charge in [-0.25, -0.2) is 0 Å². The van der Waals surface area contributed by atoms with E-state index in [0.29, 0.717) is 12.8 Å². The fraction of sp³-hybridized carbons (Fsp3) is 0.350. The fourth-order valence-corrected chi connectivity index (χ4v) is 2.63. The second kappa shape index (κ2) is 7.82. The number of nitrogen functional groups attached to an aromatic ring is 1. The van der Waals surface area contributed by atoms with Crippen LogP contribution >= 0.6 is 0 Å². The zero-order chi connectivity index (χ0) is 16.8. The minimum absolute atomic E-state index is 0.160. The topological polar surface area (TPSA) is 46.3 Å². The van der Waals surface area contributed by atoms with E-state index in [4.69, 9.17) is 5.73 Å². The molecule has 1 atom stereocenters. The van der Waals surface area contributed by atoms with E-state index >= 15 is 0 Å². The summed E-state index contributed by atoms with van der Waals surface area (Å²) in [6.45, 7) is 4.17. The molecular formula is C20H26N2O. The van der Waals surface area contributed by atoms with Crippen molar-refractivity contribution >= 4 is 11.6 Å². The monoisotopic (exact) mass is 310 g/mol. The fourth-order valence-electron chi connectivity index (χ4n) is 2.63. The molecule has 0 aliphatic carbocycles. The minimum atomic E-state index is 0.160. The number of anilines is 1. The summed E-state index contributed by atoms with van der Waals surface area (Å²) in [5.41, 5.74) is 10.2. The quantitative estimate of drug-likeness (QED) is 0.829. The molecule has 0 saturated carbocycles. The van der Waals surface area contributed by atoms with Crippen LogP contribution in [0.25, 0.3) is 0 Å². The Labute approximate surface area is 139 Å². The molecule has 0 aliphatic heterocycles. The molecule has 2 N–H and O–H groups in total. The van der Waals surface area contributed by atoms with Crippen molar-refractivity contribution in [3.8, 4) is 0 Å². The summed E-state index contributed by atoms with van der Waals surface area (Å²) in [6, 6.07) is 16.4. The maximum atomic E-state index is 12.4. The average molecular weight is 310 g/mol. The summed E-state index contributed by atoms with van der Waals surface area (Å²) in [5.74, 6) is 0.160. The highest BCUT2D eigenvalue weighted by Gasteiger charge is 2.16. The van der Waals surface area contributed by atoms with Gasteiger partial charge < -0.3 is 10.6 Å². The van der Waals surface area contributed by atoms with Crippen molar-refractivity contribution in [1.82, 2.24) is 4.90 Å². The number of carbonyl (C=O) groups is 1. The van der Waals surface area contributed by atoms with Crippen molar-refractivity contribution in [2.45, 2.75) is 39.2 Å². The number of likely N-dealkylation sites (N-methyl/N-ethyl adjacent to an activating group) is 1. The van der Waals surface area contributed by atoms with Crippen molar-refractivity contribution in [2.75, 3.05) is 12.8 Å². The Kier molecular flexibility index (Phi) is 5.80. The zero-order valence-corrected chi connectivity index (χ0v) is 14.3. The van der Waals surface area contributed by atoms with Crippen molar-refractivity contribution in [3.63, 3.8) is 0 Å². The maximum absolute atomic E-state index is 12.4. The number of hydrogen-bond acceptors (Lipinski definition) is 2. The van der Waals surface area contributed by atoms with Crippen LogP contribution in [-0.4, -0.2) is 23.9 Å². The molecule has 0 aliphatic rings. The average Bonchev–Trinajstić information content (AvgIpc) is 2.55. The second-order valence-corrected chi connectivity index (χ2v) is 6.24. The number of nitrogens with zero attached hydrogens (tertiary/aromatic N) is 1. The molecule has 0 fully saturated rings. The number of rotatable bonds is 6. The van der Waals surface area contributed by atoms with E-state index < -0.39 is 0 Å². The van der Waals surface area contributed by atoms with Crippen LogP contribution in [0.15, 0.2) is 48.5 Å². The number of hydrogen-bond donors (Lipinski definition) is 1. The zero-order valence-electron chi connectivity index (χ0n) is 14.3. The van der Waals surface area contributed by atoms with E-state index in [1.165, 1.54) is 11.1 Å². The lowest BCUT2D eigenvalue weighted by Gasteiger charge is -2.25. The van der Waals surface area contributed by atoms with Gasteiger partial charge in [-0.2, -0.15) is 0 Å². The van der Waals surface area contributed by atoms with Gasteiger partial charge in [0, 0.05) is 25.2 Å². The molecular weight excluding hydrogens is 284 g/mol. The van der Waals surface area contributed by atoms with Gasteiger partial charge in [-0.3, -0.25) is 4.79 Å². The summed E-state index contributed by atoms with van der Waals surface area (Å²) in [5, 5.41) is 0. The van der Waals surface area contributed by atoms with Crippen molar-refractivity contribution in [3.05, 3.63) is 65.2 Å². The number of benzene rings is 2. The lowest BCUT2D eigenvalue weighted by Crippen LogP contribution is -2.36. The van der Waals surface area contributed by atoms with E-state index in [2.05, 4.69) is 38.1 Å². The van der Waals surface area contributed by atoms with Crippen LogP contribution in [0, 0.1) is 6.92 Å². The first-order chi connectivity index (χ1) is 11.0. The molecule has 3 heteroatoms. The molecule has 0 saturated heterocycles. The molecule has 2 aromatic carbocycles. The molecule has 0 heterocycles. The summed E-state index contributed by atoms with van der Waals surface area (Å²) in [6.07, 6.45) is 2.05. The predicted octanol–water partition coefficient (Wildman–Crippen LogP) is 3.60. The van der Waals surface area contributed by atoms with E-state index in [1.54, 1.807) is 0 Å². The molecule has 1 unspecified atom stereocenters. The first-order valence-electron chi connectivity index (χ1n) is 8.12. The molecule has 0 radical (unpaired) electrons. The van der Waals surface area contributed by atoms with Crippen LogP contribution in [0.3, 0.4) is 0 Å². The van der Waals surface area contributed by atoms with Crippen molar-refractivity contribution in [2.24, 2.45) is 0 Å². The Bertz CT molecular complexity index is 649. The Balaban J connectivity index is 1.88. The van der Waals surface area contributed by atoms with E-state index in [0.717, 1.165) is 17.7 Å². The third-order valence-corrected chi connectivity index (χ3v) is 4.37. The van der Waals surface area contributed by atoms with E-state index in [9.17, 15) is 4.79 Å². The second-order valence-electron chi connectivity index (χ2n) is 6.24. The van der Waals surface area contributed by atoms with Gasteiger partial charge in [0.2, 0.25) is 5.91 Å². The van der Waals surface area contributed by atoms with Crippen LogP contribution < -0.4 is 5.73 Å². The highest BCUT2D eigenvalue weighted by atomic mass is 16.2. The highest BCUT2D eigenvalue weighted by molar-refractivity contribution is 5.76. The molecule has 2 aromatic rings. The van der Waals surface area contributed by atoms with Gasteiger partial charge in [0.1, 0.15) is 0 Å². The van der Waals surface area contributed by atoms with Crippen LogP contribution in [0.4, 0.5) is 5.69 Å². The van der Waals surface area contributed by atoms with Crippen molar-refractivity contribution in [1.29, 1.82) is 0 Å². The molecule has 0 bridgehead atoms. The number of para-hydroxylation sites is 1. The smallest absolute Gasteiger partial charge is 0.222 e. The normalized spacial score (nSPS) is 12.0. The molecule has 0 spiro atoms. The van der Waals surface area contributed by atoms with Crippen LogP contribution in [0.2, 0.25) is 0 Å². The van der Waals surface area contributed by atoms with E-state index in [1.807, 2.05) is 36.2 Å². The molecule has 0 aromatic heterocycles. The maximum Gasteiger partial charge on any atom is 0.222 e. The third kappa shape index (κ3) is 4.85. The van der Waals surface area contributed by atoms with E-state index in [-0.39, 0.29) is 11.9 Å². The Morgan fingerprint density at radius 2 is 1.78 bits per heavy atom. The third-order valence-electron chi connectivity index (χ3n) is 4.37. The van der Waals surface area contributed by atoms with Gasteiger partial charge in [0.25, 0.3) is 0 Å². The van der Waals surface area contributed by atoms with Gasteiger partial charge in [-0.1, -0.05) is 48.0 Å². The van der Waals surface area contributed by atoms with Gasteiger partial charge >= 0.3 is 0 Å². The first-order valence-corrected chi connectivity index (χ1v) is 8.12. The number of amides is 1. The molecule has 122 valence electrons. The Morgan fingerprint density at radius 3 is 2.43 bits per heavy atom. The summed E-state index contributed by atoms with van der Waals surface area (Å²) < 4.78 is 0. The molecule has 23 heavy (non-hydrogen) atoms. The van der Waals surface area contributed by atoms with Gasteiger partial charge in [-0.15, -0.1) is 0 Å². The standard InChI is InChI=1S/C20H26N2O/c1-15-8-10-17(11-9-15)14-16(2)22(3)20(23)13-12-18-6-4-5-7-19(18)21/h4-11,16H,12-14,21H2,1-3H3. The number of nitrogens with two attached hydrogens (primary N) is 1. The number of aryl methyl sites for hydroxylation is 2. The van der Waals surface area contributed by atoms with Gasteiger partial charge in [-0.05, 0) is 43.9 Å². The molecule has 3 nitrogen and oxygen atoms in total. The summed E-state index contributed by atoms with van der Waals surface area (Å²) >= 11 is 0. The minimum Gasteiger partial charge on any atom is -0.399 e. The van der Waals surface area contributed by atoms with Crippen molar-refractivity contribution < 1.29 is 4.79 Å². The lowest BCUT2D eigenvalue weighted by molar-refractivity contribution is -0.131. The molecule has 1 amide bonds. The highest BCUT2D eigenvalue weighted by Crippen LogP contribution is 2.15. The SMILES string of the molecule is Cc1ccc(CC(C)N(C)C(=O)CCc2ccccc2N)cc1. The predicted molar refractivity (Wildman–Crippen MR) is 96.3 cm³/mol. The Morgan fingerprint density at radius 1 is 1.13 bits per heavy atom. The van der Waals surface area contributed by atoms with Crippen LogP contribution in [0.5, 0.6) is 0 Å². The lowest BCUT2D eigenvalue weighted by atomic mass is 10.0. The largest absolute Gasteiger partial charge is 0.399 e. The first kappa shape index (κ1) is 17.1. The molecule has 2 rings (SSSR count). The van der Waals surface area contributed by atoms with Crippen LogP contribution in [0.1, 0.15) is 30.0 Å². The van der Waals surface area contributed by atoms with Gasteiger partial charge in [0.15, 0.2) is 0 Å². The van der Waals surface area contributed by atoms with Gasteiger partial charge in [0.05, 0.1) is 0 Å². The summed E-state index contributed by atoms with van der Waals surface area (Å²) in [4.78, 5) is 14.2. The Hall–Kier alpha value is -2.29. The number of carbonyl (C=O) groups excluding carboxylic acids is 1. The van der Waals surface area contributed by atoms with Crippen LogP contribution in [-0.2, 0) is 17.6 Å².